The summed E-state index contributed by atoms with van der Waals surface area (Å²) in [7, 11) is 0. The van der Waals surface area contributed by atoms with Gasteiger partial charge in [-0.1, -0.05) is 37.8 Å². The second kappa shape index (κ2) is 7.62. The van der Waals surface area contributed by atoms with E-state index in [0.29, 0.717) is 11.6 Å². The molecule has 1 nitrogen and oxygen atoms in total. The van der Waals surface area contributed by atoms with E-state index in [1.165, 1.54) is 17.7 Å². The molecule has 1 aromatic rings. The van der Waals surface area contributed by atoms with Crippen molar-refractivity contribution in [3.63, 3.8) is 0 Å². The van der Waals surface area contributed by atoms with Gasteiger partial charge in [0.25, 0.3) is 5.24 Å². The predicted octanol–water partition coefficient (Wildman–Crippen LogP) is 4.98. The van der Waals surface area contributed by atoms with Crippen LogP contribution >= 0.6 is 23.8 Å². The zero-order valence-corrected chi connectivity index (χ0v) is 11.5. The van der Waals surface area contributed by atoms with Crippen LogP contribution in [0.25, 0.3) is 0 Å². The van der Waals surface area contributed by atoms with Crippen molar-refractivity contribution >= 4 is 34.7 Å². The number of hydrogen-bond donors (Lipinski definition) is 0. The van der Waals surface area contributed by atoms with Crippen molar-refractivity contribution in [2.24, 2.45) is 0 Å². The van der Waals surface area contributed by atoms with E-state index < -0.39 is 5.24 Å². The highest BCUT2D eigenvalue weighted by molar-refractivity contribution is 7.80. The molecule has 1 rings (SSSR count). The van der Waals surface area contributed by atoms with Crippen molar-refractivity contribution in [2.45, 2.75) is 32.6 Å². The van der Waals surface area contributed by atoms with Crippen molar-refractivity contribution < 1.29 is 4.39 Å². The monoisotopic (exact) mass is 273 g/mol. The first-order chi connectivity index (χ1) is 8.15. The summed E-state index contributed by atoms with van der Waals surface area (Å²) in [5.41, 5.74) is 0.762. The van der Waals surface area contributed by atoms with Gasteiger partial charge in [-0.05, 0) is 42.9 Å². The van der Waals surface area contributed by atoms with E-state index in [4.69, 9.17) is 11.6 Å². The quantitative estimate of drug-likeness (QED) is 0.311. The third-order valence-electron chi connectivity index (χ3n) is 2.59. The van der Waals surface area contributed by atoms with Crippen LogP contribution in [0.2, 0.25) is 5.02 Å². The average molecular weight is 274 g/mol. The molecule has 0 amide bonds. The maximum atomic E-state index is 13.3. The van der Waals surface area contributed by atoms with Crippen LogP contribution in [0.3, 0.4) is 0 Å². The Kier molecular flexibility index (Phi) is 6.45. The Bertz CT molecular complexity index is 353. The Labute approximate surface area is 113 Å². The molecule has 0 saturated heterocycles. The predicted molar refractivity (Wildman–Crippen MR) is 76.6 cm³/mol. The van der Waals surface area contributed by atoms with E-state index in [2.05, 4.69) is 19.1 Å². The van der Waals surface area contributed by atoms with Crippen LogP contribution in [0.5, 0.6) is 0 Å². The molecule has 1 aromatic carbocycles. The molecule has 0 heterocycles. The highest BCUT2D eigenvalue weighted by Crippen LogP contribution is 2.19. The van der Waals surface area contributed by atoms with Gasteiger partial charge in [-0.2, -0.15) is 4.39 Å². The van der Waals surface area contributed by atoms with E-state index in [1.54, 1.807) is 24.3 Å². The molecule has 0 radical (unpaired) electrons. The van der Waals surface area contributed by atoms with Gasteiger partial charge in [0.1, 0.15) is 0 Å². The molecule has 4 heteroatoms. The summed E-state index contributed by atoms with van der Waals surface area (Å²) >= 11 is 10.4. The minimum absolute atomic E-state index is 0.580. The van der Waals surface area contributed by atoms with Gasteiger partial charge >= 0.3 is 0 Å². The summed E-state index contributed by atoms with van der Waals surface area (Å²) in [6.45, 7) is 2.77. The van der Waals surface area contributed by atoms with Crippen molar-refractivity contribution in [2.75, 3.05) is 11.4 Å². The molecule has 0 aliphatic heterocycles. The van der Waals surface area contributed by atoms with Crippen LogP contribution in [0.1, 0.15) is 32.6 Å². The molecule has 17 heavy (non-hydrogen) atoms. The lowest BCUT2D eigenvalue weighted by molar-refractivity contribution is 0.660. The summed E-state index contributed by atoms with van der Waals surface area (Å²) in [6, 6.07) is 7.06. The number of halogens is 2. The molecule has 0 atom stereocenters. The Hall–Kier alpha value is -0.670. The molecule has 0 aliphatic rings. The summed E-state index contributed by atoms with van der Waals surface area (Å²) in [4.78, 5) is 1.52. The molecule has 0 fully saturated rings. The lowest BCUT2D eigenvalue weighted by atomic mass is 10.2. The third kappa shape index (κ3) is 5.00. The maximum Gasteiger partial charge on any atom is 0.260 e. The van der Waals surface area contributed by atoms with Crippen molar-refractivity contribution in [1.82, 2.24) is 0 Å². The number of benzene rings is 1. The normalized spacial score (nSPS) is 10.3. The van der Waals surface area contributed by atoms with E-state index >= 15 is 0 Å². The Balaban J connectivity index is 2.59. The first kappa shape index (κ1) is 14.4. The fraction of sp³-hybridized carbons (Fsp3) is 0.462. The van der Waals surface area contributed by atoms with E-state index in [1.807, 2.05) is 0 Å². The number of unbranched alkanes of at least 4 members (excludes halogenated alkanes) is 3. The number of thiocarbonyl (C=S) groups is 1. The largest absolute Gasteiger partial charge is 0.309 e. The zero-order valence-electron chi connectivity index (χ0n) is 9.96. The highest BCUT2D eigenvalue weighted by Gasteiger charge is 2.10. The standard InChI is InChI=1S/C13H17ClFNS/c1-2-3-4-5-10-16(13(15)17)12-8-6-11(14)7-9-12/h6-9H,2-5,10H2,1H3. The zero-order chi connectivity index (χ0) is 12.7. The summed E-state index contributed by atoms with van der Waals surface area (Å²) in [6.07, 6.45) is 4.39. The lowest BCUT2D eigenvalue weighted by Gasteiger charge is -2.20. The van der Waals surface area contributed by atoms with Crippen LogP contribution in [-0.4, -0.2) is 11.8 Å². The molecule has 0 bridgehead atoms. The minimum atomic E-state index is -0.580. The van der Waals surface area contributed by atoms with Crippen molar-refractivity contribution in [1.29, 1.82) is 0 Å². The van der Waals surface area contributed by atoms with Gasteiger partial charge in [-0.15, -0.1) is 0 Å². The average Bonchev–Trinajstić information content (AvgIpc) is 2.30. The minimum Gasteiger partial charge on any atom is -0.309 e. The van der Waals surface area contributed by atoms with Gasteiger partial charge in [0.2, 0.25) is 0 Å². The van der Waals surface area contributed by atoms with Gasteiger partial charge in [0.15, 0.2) is 0 Å². The fourth-order valence-corrected chi connectivity index (χ4v) is 1.96. The van der Waals surface area contributed by atoms with E-state index in [-0.39, 0.29) is 0 Å². The summed E-state index contributed by atoms with van der Waals surface area (Å²) < 4.78 is 13.3. The van der Waals surface area contributed by atoms with Gasteiger partial charge in [0.05, 0.1) is 0 Å². The van der Waals surface area contributed by atoms with Crippen molar-refractivity contribution in [3.8, 4) is 0 Å². The van der Waals surface area contributed by atoms with E-state index in [0.717, 1.165) is 18.5 Å². The van der Waals surface area contributed by atoms with Gasteiger partial charge in [-0.25, -0.2) is 0 Å². The van der Waals surface area contributed by atoms with E-state index in [9.17, 15) is 4.39 Å². The van der Waals surface area contributed by atoms with Gasteiger partial charge in [0, 0.05) is 17.3 Å². The molecular formula is C13H17ClFNS. The molecule has 0 saturated carbocycles. The fourth-order valence-electron chi connectivity index (χ4n) is 1.64. The topological polar surface area (TPSA) is 3.24 Å². The Morgan fingerprint density at radius 1 is 1.24 bits per heavy atom. The van der Waals surface area contributed by atoms with Crippen LogP contribution in [0.15, 0.2) is 24.3 Å². The SMILES string of the molecule is CCCCCCN(C(F)=S)c1ccc(Cl)cc1. The highest BCUT2D eigenvalue weighted by atomic mass is 35.5. The molecule has 0 unspecified atom stereocenters. The van der Waals surface area contributed by atoms with Crippen LogP contribution in [0, 0.1) is 0 Å². The second-order valence-corrected chi connectivity index (χ2v) is 4.71. The lowest BCUT2D eigenvalue weighted by Crippen LogP contribution is -2.27. The molecule has 0 aliphatic carbocycles. The Morgan fingerprint density at radius 3 is 2.41 bits per heavy atom. The molecule has 0 N–H and O–H groups in total. The van der Waals surface area contributed by atoms with Crippen molar-refractivity contribution in [3.05, 3.63) is 29.3 Å². The van der Waals surface area contributed by atoms with Crippen LogP contribution in [-0.2, 0) is 0 Å². The summed E-state index contributed by atoms with van der Waals surface area (Å²) in [5.74, 6) is 0. The third-order valence-corrected chi connectivity index (χ3v) is 3.06. The molecular weight excluding hydrogens is 257 g/mol. The van der Waals surface area contributed by atoms with Gasteiger partial charge < -0.3 is 4.90 Å². The molecule has 0 aromatic heterocycles. The smallest absolute Gasteiger partial charge is 0.260 e. The first-order valence-electron chi connectivity index (χ1n) is 5.87. The Morgan fingerprint density at radius 2 is 1.88 bits per heavy atom. The molecule has 94 valence electrons. The summed E-state index contributed by atoms with van der Waals surface area (Å²) in [5, 5.41) is 0.0632. The first-order valence-corrected chi connectivity index (χ1v) is 6.66. The number of rotatable bonds is 6. The number of hydrogen-bond acceptors (Lipinski definition) is 1. The second-order valence-electron chi connectivity index (χ2n) is 3.94. The number of anilines is 1. The van der Waals surface area contributed by atoms with Gasteiger partial charge in [-0.3, -0.25) is 0 Å². The number of nitrogens with zero attached hydrogens (tertiary/aromatic N) is 1. The maximum absolute atomic E-state index is 13.3. The van der Waals surface area contributed by atoms with Crippen LogP contribution < -0.4 is 4.90 Å². The van der Waals surface area contributed by atoms with Crippen LogP contribution in [0.4, 0.5) is 10.1 Å². The molecule has 0 spiro atoms.